The van der Waals surface area contributed by atoms with Crippen molar-refractivity contribution in [2.45, 2.75) is 19.8 Å². The Balaban J connectivity index is 2.57. The lowest BCUT2D eigenvalue weighted by Crippen LogP contribution is -2.19. The molecule has 0 atom stereocenters. The maximum absolute atomic E-state index is 5.21. The number of terminal acetylenes is 1. The highest BCUT2D eigenvalue weighted by Crippen LogP contribution is 2.17. The summed E-state index contributed by atoms with van der Waals surface area (Å²) >= 11 is 0. The van der Waals surface area contributed by atoms with Gasteiger partial charge in [-0.1, -0.05) is 18.2 Å². The number of aryl methyl sites for hydroxylation is 1. The second-order valence-corrected chi connectivity index (χ2v) is 3.52. The topological polar surface area (TPSA) is 3.24 Å². The van der Waals surface area contributed by atoms with E-state index in [1.807, 2.05) is 0 Å². The Morgan fingerprint density at radius 2 is 2.07 bits per heavy atom. The molecule has 0 fully saturated rings. The minimum absolute atomic E-state index is 0.857. The van der Waals surface area contributed by atoms with Crippen molar-refractivity contribution in [1.29, 1.82) is 0 Å². The summed E-state index contributed by atoms with van der Waals surface area (Å²) in [7, 11) is 2.11. The van der Waals surface area contributed by atoms with E-state index in [0.717, 1.165) is 19.4 Å². The zero-order valence-corrected chi connectivity index (χ0v) is 8.96. The first-order chi connectivity index (χ1) is 6.75. The van der Waals surface area contributed by atoms with Gasteiger partial charge in [0.15, 0.2) is 0 Å². The van der Waals surface area contributed by atoms with Crippen LogP contribution in [-0.2, 0) is 0 Å². The Kier molecular flexibility index (Phi) is 4.07. The quantitative estimate of drug-likeness (QED) is 0.517. The van der Waals surface area contributed by atoms with Gasteiger partial charge in [0, 0.05) is 25.7 Å². The highest BCUT2D eigenvalue weighted by atomic mass is 15.1. The molecule has 0 amide bonds. The molecular formula is C13H17N. The van der Waals surface area contributed by atoms with Gasteiger partial charge in [-0.2, -0.15) is 0 Å². The van der Waals surface area contributed by atoms with Crippen LogP contribution in [0.2, 0.25) is 0 Å². The molecule has 0 aliphatic carbocycles. The molecule has 1 heteroatoms. The summed E-state index contributed by atoms with van der Waals surface area (Å²) in [6, 6.07) is 8.41. The third kappa shape index (κ3) is 2.81. The molecular weight excluding hydrogens is 170 g/mol. The highest BCUT2D eigenvalue weighted by Gasteiger charge is 2.01. The summed E-state index contributed by atoms with van der Waals surface area (Å²) in [6.45, 7) is 3.15. The van der Waals surface area contributed by atoms with Gasteiger partial charge in [-0.25, -0.2) is 0 Å². The molecule has 0 radical (unpaired) electrons. The van der Waals surface area contributed by atoms with Gasteiger partial charge in [0.1, 0.15) is 0 Å². The lowest BCUT2D eigenvalue weighted by molar-refractivity contribution is 0.809. The average molecular weight is 187 g/mol. The number of nitrogens with zero attached hydrogens (tertiary/aromatic N) is 1. The van der Waals surface area contributed by atoms with Crippen LogP contribution in [-0.4, -0.2) is 13.6 Å². The Labute approximate surface area is 86.7 Å². The van der Waals surface area contributed by atoms with Crippen molar-refractivity contribution >= 4 is 5.69 Å². The zero-order chi connectivity index (χ0) is 10.4. The normalized spacial score (nSPS) is 9.50. The fourth-order valence-corrected chi connectivity index (χ4v) is 1.53. The maximum atomic E-state index is 5.21. The molecule has 0 aromatic heterocycles. The predicted octanol–water partition coefficient (Wildman–Crippen LogP) is 2.84. The van der Waals surface area contributed by atoms with Gasteiger partial charge in [-0.15, -0.1) is 12.3 Å². The summed E-state index contributed by atoms with van der Waals surface area (Å²) in [5.74, 6) is 2.66. The number of anilines is 1. The Hall–Kier alpha value is -1.42. The molecule has 0 heterocycles. The molecule has 0 saturated heterocycles. The molecule has 0 aliphatic heterocycles. The van der Waals surface area contributed by atoms with E-state index in [4.69, 9.17) is 6.42 Å². The van der Waals surface area contributed by atoms with Crippen LogP contribution in [0.5, 0.6) is 0 Å². The van der Waals surface area contributed by atoms with Crippen molar-refractivity contribution in [3.63, 3.8) is 0 Å². The predicted molar refractivity (Wildman–Crippen MR) is 62.5 cm³/mol. The van der Waals surface area contributed by atoms with Crippen LogP contribution >= 0.6 is 0 Å². The van der Waals surface area contributed by atoms with E-state index in [-0.39, 0.29) is 0 Å². The van der Waals surface area contributed by atoms with E-state index in [1.54, 1.807) is 0 Å². The molecule has 0 saturated carbocycles. The third-order valence-electron chi connectivity index (χ3n) is 2.34. The van der Waals surface area contributed by atoms with Gasteiger partial charge in [0.25, 0.3) is 0 Å². The van der Waals surface area contributed by atoms with E-state index >= 15 is 0 Å². The Bertz CT molecular complexity index is 322. The van der Waals surface area contributed by atoms with Crippen molar-refractivity contribution in [1.82, 2.24) is 0 Å². The lowest BCUT2D eigenvalue weighted by Gasteiger charge is -2.20. The van der Waals surface area contributed by atoms with E-state index in [2.05, 4.69) is 49.1 Å². The van der Waals surface area contributed by atoms with Gasteiger partial charge in [-0.05, 0) is 25.0 Å². The van der Waals surface area contributed by atoms with Crippen LogP contribution in [0.3, 0.4) is 0 Å². The van der Waals surface area contributed by atoms with Crippen LogP contribution in [0.15, 0.2) is 24.3 Å². The largest absolute Gasteiger partial charge is 0.374 e. The first kappa shape index (κ1) is 10.7. The van der Waals surface area contributed by atoms with E-state index in [1.165, 1.54) is 11.3 Å². The molecule has 1 aromatic carbocycles. The smallest absolute Gasteiger partial charge is 0.0393 e. The zero-order valence-electron chi connectivity index (χ0n) is 8.96. The van der Waals surface area contributed by atoms with E-state index < -0.39 is 0 Å². The summed E-state index contributed by atoms with van der Waals surface area (Å²) in [4.78, 5) is 2.26. The number of hydrogen-bond acceptors (Lipinski definition) is 1. The molecule has 0 bridgehead atoms. The first-order valence-corrected chi connectivity index (χ1v) is 4.96. The molecule has 0 spiro atoms. The minimum Gasteiger partial charge on any atom is -0.374 e. The van der Waals surface area contributed by atoms with Gasteiger partial charge < -0.3 is 4.90 Å². The van der Waals surface area contributed by atoms with Crippen molar-refractivity contribution in [3.8, 4) is 12.3 Å². The summed E-state index contributed by atoms with van der Waals surface area (Å²) in [5, 5.41) is 0. The average Bonchev–Trinajstić information content (AvgIpc) is 2.18. The standard InChI is InChI=1S/C13H17N/c1-4-5-8-11-14(3)13-10-7-6-9-12(13)2/h1,6-7,9-10H,5,8,11H2,2-3H3. The summed E-state index contributed by atoms with van der Waals surface area (Å²) < 4.78 is 0. The summed E-state index contributed by atoms with van der Waals surface area (Å²) in [6.07, 6.45) is 7.13. The minimum atomic E-state index is 0.857. The highest BCUT2D eigenvalue weighted by molar-refractivity contribution is 5.52. The lowest BCUT2D eigenvalue weighted by atomic mass is 10.2. The number of benzene rings is 1. The second kappa shape index (κ2) is 5.34. The van der Waals surface area contributed by atoms with Crippen LogP contribution < -0.4 is 4.90 Å². The Morgan fingerprint density at radius 1 is 1.36 bits per heavy atom. The van der Waals surface area contributed by atoms with Crippen molar-refractivity contribution in [2.75, 3.05) is 18.5 Å². The van der Waals surface area contributed by atoms with Crippen molar-refractivity contribution in [3.05, 3.63) is 29.8 Å². The SMILES string of the molecule is C#CCCCN(C)c1ccccc1C. The fraction of sp³-hybridized carbons (Fsp3) is 0.385. The number of unbranched alkanes of at least 4 members (excludes halogenated alkanes) is 1. The van der Waals surface area contributed by atoms with Crippen LogP contribution in [0.25, 0.3) is 0 Å². The number of rotatable bonds is 4. The molecule has 0 unspecified atom stereocenters. The van der Waals surface area contributed by atoms with Gasteiger partial charge in [0.2, 0.25) is 0 Å². The number of para-hydroxylation sites is 1. The molecule has 14 heavy (non-hydrogen) atoms. The molecule has 0 aliphatic rings. The van der Waals surface area contributed by atoms with Gasteiger partial charge in [0.05, 0.1) is 0 Å². The van der Waals surface area contributed by atoms with E-state index in [9.17, 15) is 0 Å². The molecule has 1 nitrogen and oxygen atoms in total. The third-order valence-corrected chi connectivity index (χ3v) is 2.34. The van der Waals surface area contributed by atoms with Crippen molar-refractivity contribution < 1.29 is 0 Å². The summed E-state index contributed by atoms with van der Waals surface area (Å²) in [5.41, 5.74) is 2.61. The molecule has 1 rings (SSSR count). The van der Waals surface area contributed by atoms with Crippen LogP contribution in [0.4, 0.5) is 5.69 Å². The van der Waals surface area contributed by atoms with E-state index in [0.29, 0.717) is 0 Å². The molecule has 74 valence electrons. The van der Waals surface area contributed by atoms with Crippen LogP contribution in [0, 0.1) is 19.3 Å². The monoisotopic (exact) mass is 187 g/mol. The fourth-order valence-electron chi connectivity index (χ4n) is 1.53. The Morgan fingerprint density at radius 3 is 2.71 bits per heavy atom. The molecule has 1 aromatic rings. The first-order valence-electron chi connectivity index (χ1n) is 4.96. The van der Waals surface area contributed by atoms with Gasteiger partial charge in [-0.3, -0.25) is 0 Å². The van der Waals surface area contributed by atoms with Gasteiger partial charge >= 0.3 is 0 Å². The second-order valence-electron chi connectivity index (χ2n) is 3.52. The van der Waals surface area contributed by atoms with Crippen LogP contribution in [0.1, 0.15) is 18.4 Å². The maximum Gasteiger partial charge on any atom is 0.0393 e. The number of hydrogen-bond donors (Lipinski definition) is 0. The van der Waals surface area contributed by atoms with Crippen molar-refractivity contribution in [2.24, 2.45) is 0 Å². The molecule has 0 N–H and O–H groups in total.